The number of ether oxygens (including phenoxy) is 2. The highest BCUT2D eigenvalue weighted by molar-refractivity contribution is 5.85. The maximum atomic E-state index is 12.0. The van der Waals surface area contributed by atoms with Gasteiger partial charge in [0.25, 0.3) is 0 Å². The lowest BCUT2D eigenvalue weighted by atomic mass is 10.1. The van der Waals surface area contributed by atoms with Gasteiger partial charge in [-0.15, -0.1) is 0 Å². The van der Waals surface area contributed by atoms with Crippen molar-refractivity contribution in [3.63, 3.8) is 0 Å². The molecule has 0 spiro atoms. The van der Waals surface area contributed by atoms with Crippen molar-refractivity contribution in [3.05, 3.63) is 29.8 Å². The van der Waals surface area contributed by atoms with Gasteiger partial charge in [-0.3, -0.25) is 4.79 Å². The van der Waals surface area contributed by atoms with E-state index in [1.807, 2.05) is 18.2 Å². The summed E-state index contributed by atoms with van der Waals surface area (Å²) in [5, 5.41) is 2.63. The van der Waals surface area contributed by atoms with Crippen LogP contribution in [0.25, 0.3) is 0 Å². The van der Waals surface area contributed by atoms with Gasteiger partial charge < -0.3 is 14.8 Å². The number of nitrogens with one attached hydrogen (secondary N) is 1. The first-order valence-electron chi connectivity index (χ1n) is 6.87. The molecule has 5 nitrogen and oxygen atoms in total. The van der Waals surface area contributed by atoms with Crippen molar-refractivity contribution < 1.29 is 19.1 Å². The lowest BCUT2D eigenvalue weighted by molar-refractivity contribution is -0.158. The van der Waals surface area contributed by atoms with E-state index in [2.05, 4.69) is 5.32 Å². The largest absolute Gasteiger partial charge is 0.496 e. The molecule has 1 N–H and O–H groups in total. The summed E-state index contributed by atoms with van der Waals surface area (Å²) in [6.07, 6.45) is 0.150. The van der Waals surface area contributed by atoms with Gasteiger partial charge in [0.15, 0.2) is 0 Å². The Morgan fingerprint density at radius 2 is 1.86 bits per heavy atom. The first kappa shape index (κ1) is 17.0. The lowest BCUT2D eigenvalue weighted by Crippen LogP contribution is -2.42. The number of esters is 1. The Morgan fingerprint density at radius 3 is 2.43 bits per heavy atom. The number of para-hydroxylation sites is 1. The van der Waals surface area contributed by atoms with Gasteiger partial charge in [-0.05, 0) is 33.8 Å². The summed E-state index contributed by atoms with van der Waals surface area (Å²) >= 11 is 0. The van der Waals surface area contributed by atoms with Crippen LogP contribution in [-0.2, 0) is 20.7 Å². The number of carbonyl (C=O) groups is 2. The lowest BCUT2D eigenvalue weighted by Gasteiger charge is -2.22. The van der Waals surface area contributed by atoms with Crippen molar-refractivity contribution in [2.75, 3.05) is 7.11 Å². The van der Waals surface area contributed by atoms with Crippen LogP contribution in [-0.4, -0.2) is 30.6 Å². The molecule has 0 aromatic heterocycles. The van der Waals surface area contributed by atoms with Gasteiger partial charge >= 0.3 is 5.97 Å². The van der Waals surface area contributed by atoms with Crippen LogP contribution in [0.3, 0.4) is 0 Å². The second-order valence-corrected chi connectivity index (χ2v) is 5.81. The third-order valence-corrected chi connectivity index (χ3v) is 2.68. The van der Waals surface area contributed by atoms with Crippen molar-refractivity contribution in [1.29, 1.82) is 0 Å². The second kappa shape index (κ2) is 7.11. The van der Waals surface area contributed by atoms with Gasteiger partial charge in [-0.1, -0.05) is 18.2 Å². The molecule has 0 aliphatic heterocycles. The quantitative estimate of drug-likeness (QED) is 0.844. The van der Waals surface area contributed by atoms with E-state index in [4.69, 9.17) is 9.47 Å². The number of carbonyl (C=O) groups excluding carboxylic acids is 2. The van der Waals surface area contributed by atoms with E-state index in [0.29, 0.717) is 5.75 Å². The Morgan fingerprint density at radius 1 is 1.24 bits per heavy atom. The van der Waals surface area contributed by atoms with Gasteiger partial charge in [0, 0.05) is 5.56 Å². The number of benzene rings is 1. The van der Waals surface area contributed by atoms with Gasteiger partial charge in [0.2, 0.25) is 5.91 Å². The molecule has 116 valence electrons. The van der Waals surface area contributed by atoms with Crippen molar-refractivity contribution in [3.8, 4) is 5.75 Å². The van der Waals surface area contributed by atoms with Crippen LogP contribution in [0, 0.1) is 0 Å². The average molecular weight is 293 g/mol. The molecule has 0 fully saturated rings. The first-order chi connectivity index (χ1) is 9.73. The molecule has 1 aromatic rings. The molecule has 0 bridgehead atoms. The van der Waals surface area contributed by atoms with Crippen molar-refractivity contribution in [1.82, 2.24) is 5.32 Å². The maximum absolute atomic E-state index is 12.0. The smallest absolute Gasteiger partial charge is 0.328 e. The van der Waals surface area contributed by atoms with Gasteiger partial charge in [0.05, 0.1) is 13.5 Å². The van der Waals surface area contributed by atoms with Gasteiger partial charge in [-0.25, -0.2) is 4.79 Å². The van der Waals surface area contributed by atoms with E-state index in [0.717, 1.165) is 5.56 Å². The van der Waals surface area contributed by atoms with Crippen LogP contribution in [0.1, 0.15) is 33.3 Å². The third kappa shape index (κ3) is 5.85. The highest BCUT2D eigenvalue weighted by Crippen LogP contribution is 2.17. The van der Waals surface area contributed by atoms with Gasteiger partial charge in [0.1, 0.15) is 17.4 Å². The molecule has 21 heavy (non-hydrogen) atoms. The van der Waals surface area contributed by atoms with Crippen molar-refractivity contribution in [2.45, 2.75) is 45.8 Å². The summed E-state index contributed by atoms with van der Waals surface area (Å²) in [5.41, 5.74) is 0.201. The van der Waals surface area contributed by atoms with E-state index >= 15 is 0 Å². The van der Waals surface area contributed by atoms with Crippen molar-refractivity contribution in [2.24, 2.45) is 0 Å². The number of hydrogen-bond donors (Lipinski definition) is 1. The molecule has 0 heterocycles. The Balaban J connectivity index is 2.59. The molecule has 1 atom stereocenters. The zero-order valence-electron chi connectivity index (χ0n) is 13.2. The summed E-state index contributed by atoms with van der Waals surface area (Å²) in [6.45, 7) is 6.96. The van der Waals surface area contributed by atoms with Crippen molar-refractivity contribution >= 4 is 11.9 Å². The highest BCUT2D eigenvalue weighted by Gasteiger charge is 2.23. The molecular weight excluding hydrogens is 270 g/mol. The number of methoxy groups -OCH3 is 1. The summed E-state index contributed by atoms with van der Waals surface area (Å²) in [6, 6.07) is 6.59. The fraction of sp³-hybridized carbons (Fsp3) is 0.500. The fourth-order valence-corrected chi connectivity index (χ4v) is 1.76. The number of rotatable bonds is 5. The molecule has 1 aromatic carbocycles. The Bertz CT molecular complexity index is 505. The number of amides is 1. The van der Waals surface area contributed by atoms with E-state index in [9.17, 15) is 9.59 Å². The molecule has 0 aliphatic carbocycles. The molecule has 0 aliphatic rings. The Hall–Kier alpha value is -2.04. The predicted molar refractivity (Wildman–Crippen MR) is 80.1 cm³/mol. The van der Waals surface area contributed by atoms with E-state index in [-0.39, 0.29) is 12.3 Å². The first-order valence-corrected chi connectivity index (χ1v) is 6.87. The zero-order chi connectivity index (χ0) is 16.0. The minimum absolute atomic E-state index is 0.150. The molecule has 0 unspecified atom stereocenters. The molecule has 0 radical (unpaired) electrons. The molecule has 5 heteroatoms. The van der Waals surface area contributed by atoms with E-state index in [1.165, 1.54) is 0 Å². The third-order valence-electron chi connectivity index (χ3n) is 2.68. The topological polar surface area (TPSA) is 64.6 Å². The predicted octanol–water partition coefficient (Wildman–Crippen LogP) is 2.08. The average Bonchev–Trinajstić information content (AvgIpc) is 2.37. The highest BCUT2D eigenvalue weighted by atomic mass is 16.6. The monoisotopic (exact) mass is 293 g/mol. The summed E-state index contributed by atoms with van der Waals surface area (Å²) in [4.78, 5) is 23.8. The summed E-state index contributed by atoms with van der Waals surface area (Å²) in [5.74, 6) is -0.0497. The minimum Gasteiger partial charge on any atom is -0.496 e. The van der Waals surface area contributed by atoms with Crippen LogP contribution < -0.4 is 10.1 Å². The standard InChI is InChI=1S/C16H23NO4/c1-11(15(19)21-16(2,3)4)17-14(18)10-12-8-6-7-9-13(12)20-5/h6-9,11H,10H2,1-5H3,(H,17,18)/t11-/m1/s1. The zero-order valence-corrected chi connectivity index (χ0v) is 13.2. The van der Waals surface area contributed by atoms with E-state index in [1.54, 1.807) is 40.9 Å². The summed E-state index contributed by atoms with van der Waals surface area (Å²) < 4.78 is 10.4. The SMILES string of the molecule is COc1ccccc1CC(=O)N[C@H](C)C(=O)OC(C)(C)C. The van der Waals surface area contributed by atoms with Gasteiger partial charge in [-0.2, -0.15) is 0 Å². The molecule has 0 saturated heterocycles. The fourth-order valence-electron chi connectivity index (χ4n) is 1.76. The normalized spacial score (nSPS) is 12.4. The molecule has 1 rings (SSSR count). The summed E-state index contributed by atoms with van der Waals surface area (Å²) in [7, 11) is 1.56. The van der Waals surface area contributed by atoms with Crippen LogP contribution >= 0.6 is 0 Å². The molecule has 0 saturated carbocycles. The van der Waals surface area contributed by atoms with Crippen LogP contribution in [0.4, 0.5) is 0 Å². The molecular formula is C16H23NO4. The minimum atomic E-state index is -0.688. The second-order valence-electron chi connectivity index (χ2n) is 5.81. The van der Waals surface area contributed by atoms with Crippen LogP contribution in [0.5, 0.6) is 5.75 Å². The van der Waals surface area contributed by atoms with Crippen LogP contribution in [0.2, 0.25) is 0 Å². The molecule has 1 amide bonds. The van der Waals surface area contributed by atoms with E-state index < -0.39 is 17.6 Å². The van der Waals surface area contributed by atoms with Crippen LogP contribution in [0.15, 0.2) is 24.3 Å². The maximum Gasteiger partial charge on any atom is 0.328 e. The Labute approximate surface area is 125 Å². The number of hydrogen-bond acceptors (Lipinski definition) is 4. The Kier molecular flexibility index (Phi) is 5.76.